The Morgan fingerprint density at radius 2 is 2.09 bits per heavy atom. The molecule has 2 heteroatoms. The summed E-state index contributed by atoms with van der Waals surface area (Å²) in [5.41, 5.74) is 3.34. The summed E-state index contributed by atoms with van der Waals surface area (Å²) in [6.07, 6.45) is 10.7. The molecular formula is C20H28O2. The van der Waals surface area contributed by atoms with Crippen LogP contribution in [0.5, 0.6) is 5.75 Å². The van der Waals surface area contributed by atoms with E-state index >= 15 is 0 Å². The van der Waals surface area contributed by atoms with E-state index in [1.165, 1.54) is 56.1 Å². The molecule has 0 spiro atoms. The van der Waals surface area contributed by atoms with Crippen LogP contribution in [-0.2, 0) is 11.2 Å². The van der Waals surface area contributed by atoms with Crippen molar-refractivity contribution in [2.24, 2.45) is 11.3 Å². The minimum Gasteiger partial charge on any atom is -0.508 e. The third kappa shape index (κ3) is 2.46. The second-order valence-corrected chi connectivity index (χ2v) is 8.03. The van der Waals surface area contributed by atoms with E-state index in [0.29, 0.717) is 23.2 Å². The topological polar surface area (TPSA) is 29.5 Å². The lowest BCUT2D eigenvalue weighted by atomic mass is 9.56. The standard InChI is InChI=1S/C20H28O2/c1-20-9-7-14-12-16(21)5-6-17(14)18(20)13-15(8-10-20)19-4-2-3-11-22-19/h5-6,12,15,18-19,21H,2-4,7-11,13H2,1H3. The zero-order valence-corrected chi connectivity index (χ0v) is 13.7. The molecule has 1 aromatic carbocycles. The van der Waals surface area contributed by atoms with Crippen LogP contribution in [0.4, 0.5) is 0 Å². The third-order valence-electron chi connectivity index (χ3n) is 6.67. The van der Waals surface area contributed by atoms with Crippen LogP contribution in [0.3, 0.4) is 0 Å². The van der Waals surface area contributed by atoms with Crippen LogP contribution in [0.1, 0.15) is 68.9 Å². The second kappa shape index (κ2) is 5.56. The first-order valence-corrected chi connectivity index (χ1v) is 9.09. The number of aryl methyl sites for hydroxylation is 1. The Labute approximate surface area is 133 Å². The molecule has 1 N–H and O–H groups in total. The fraction of sp³-hybridized carbons (Fsp3) is 0.700. The molecule has 1 aromatic rings. The average molecular weight is 300 g/mol. The van der Waals surface area contributed by atoms with Gasteiger partial charge in [-0.15, -0.1) is 0 Å². The summed E-state index contributed by atoms with van der Waals surface area (Å²) in [6, 6.07) is 6.07. The summed E-state index contributed by atoms with van der Waals surface area (Å²) in [6.45, 7) is 3.46. The highest BCUT2D eigenvalue weighted by Crippen LogP contribution is 2.56. The van der Waals surface area contributed by atoms with Crippen molar-refractivity contribution in [2.45, 2.75) is 70.3 Å². The number of phenols is 1. The lowest BCUT2D eigenvalue weighted by molar-refractivity contribution is -0.0479. The van der Waals surface area contributed by atoms with Crippen LogP contribution in [0.25, 0.3) is 0 Å². The second-order valence-electron chi connectivity index (χ2n) is 8.03. The largest absolute Gasteiger partial charge is 0.508 e. The molecule has 3 aliphatic rings. The predicted octanol–water partition coefficient (Wildman–Crippen LogP) is 4.80. The molecule has 2 fully saturated rings. The third-order valence-corrected chi connectivity index (χ3v) is 6.67. The van der Waals surface area contributed by atoms with E-state index < -0.39 is 0 Å². The van der Waals surface area contributed by atoms with Crippen molar-refractivity contribution in [3.05, 3.63) is 29.3 Å². The summed E-state index contributed by atoms with van der Waals surface area (Å²) in [7, 11) is 0. The Bertz CT molecular complexity index is 547. The molecule has 2 aliphatic carbocycles. The Hall–Kier alpha value is -1.02. The Balaban J connectivity index is 1.60. The maximum Gasteiger partial charge on any atom is 0.115 e. The molecule has 0 aromatic heterocycles. The highest BCUT2D eigenvalue weighted by molar-refractivity contribution is 5.40. The first-order chi connectivity index (χ1) is 10.7. The van der Waals surface area contributed by atoms with E-state index in [4.69, 9.17) is 4.74 Å². The van der Waals surface area contributed by atoms with Crippen molar-refractivity contribution >= 4 is 0 Å². The molecule has 2 nitrogen and oxygen atoms in total. The lowest BCUT2D eigenvalue weighted by Gasteiger charge is -2.50. The quantitative estimate of drug-likeness (QED) is 0.807. The minimum absolute atomic E-state index is 0.422. The van der Waals surface area contributed by atoms with E-state index in [9.17, 15) is 5.11 Å². The maximum absolute atomic E-state index is 9.78. The molecule has 1 heterocycles. The van der Waals surface area contributed by atoms with Gasteiger partial charge in [0.15, 0.2) is 0 Å². The molecule has 4 unspecified atom stereocenters. The van der Waals surface area contributed by atoms with Gasteiger partial charge in [-0.2, -0.15) is 0 Å². The Morgan fingerprint density at radius 1 is 1.18 bits per heavy atom. The lowest BCUT2D eigenvalue weighted by Crippen LogP contribution is -2.41. The van der Waals surface area contributed by atoms with Crippen LogP contribution in [-0.4, -0.2) is 17.8 Å². The molecule has 4 atom stereocenters. The number of hydrogen-bond donors (Lipinski definition) is 1. The number of hydrogen-bond acceptors (Lipinski definition) is 2. The Kier molecular flexibility index (Phi) is 3.68. The summed E-state index contributed by atoms with van der Waals surface area (Å²) in [4.78, 5) is 0. The smallest absolute Gasteiger partial charge is 0.115 e. The number of fused-ring (bicyclic) bond motifs is 3. The van der Waals surface area contributed by atoms with E-state index in [0.717, 1.165) is 18.9 Å². The number of aromatic hydroxyl groups is 1. The van der Waals surface area contributed by atoms with Crippen molar-refractivity contribution in [1.82, 2.24) is 0 Å². The predicted molar refractivity (Wildman–Crippen MR) is 88.2 cm³/mol. The van der Waals surface area contributed by atoms with E-state index in [-0.39, 0.29) is 0 Å². The number of benzene rings is 1. The fourth-order valence-electron chi connectivity index (χ4n) is 5.24. The molecule has 0 radical (unpaired) electrons. The number of ether oxygens (including phenoxy) is 1. The summed E-state index contributed by atoms with van der Waals surface area (Å²) in [5.74, 6) is 1.81. The number of rotatable bonds is 1. The summed E-state index contributed by atoms with van der Waals surface area (Å²) >= 11 is 0. The van der Waals surface area contributed by atoms with Gasteiger partial charge in [0.05, 0.1) is 6.10 Å². The minimum atomic E-state index is 0.422. The van der Waals surface area contributed by atoms with Gasteiger partial charge < -0.3 is 9.84 Å². The first-order valence-electron chi connectivity index (χ1n) is 9.09. The fourth-order valence-corrected chi connectivity index (χ4v) is 5.24. The molecular weight excluding hydrogens is 272 g/mol. The van der Waals surface area contributed by atoms with Gasteiger partial charge in [-0.05, 0) is 91.9 Å². The molecule has 1 aliphatic heterocycles. The van der Waals surface area contributed by atoms with Crippen LogP contribution in [0.15, 0.2) is 18.2 Å². The van der Waals surface area contributed by atoms with Gasteiger partial charge in [0.1, 0.15) is 5.75 Å². The van der Waals surface area contributed by atoms with Crippen molar-refractivity contribution in [3.8, 4) is 5.75 Å². The van der Waals surface area contributed by atoms with Gasteiger partial charge in [-0.1, -0.05) is 13.0 Å². The molecule has 1 saturated carbocycles. The van der Waals surface area contributed by atoms with Crippen LogP contribution in [0.2, 0.25) is 0 Å². The molecule has 1 saturated heterocycles. The van der Waals surface area contributed by atoms with Gasteiger partial charge in [-0.3, -0.25) is 0 Å². The molecule has 0 amide bonds. The van der Waals surface area contributed by atoms with Crippen molar-refractivity contribution in [1.29, 1.82) is 0 Å². The monoisotopic (exact) mass is 300 g/mol. The van der Waals surface area contributed by atoms with Crippen LogP contribution < -0.4 is 0 Å². The SMILES string of the molecule is CC12CCc3cc(O)ccc3C1CC(C1CCCCO1)CC2. The zero-order chi connectivity index (χ0) is 15.2. The molecule has 4 rings (SSSR count). The Morgan fingerprint density at radius 3 is 2.91 bits per heavy atom. The molecule has 22 heavy (non-hydrogen) atoms. The maximum atomic E-state index is 9.78. The zero-order valence-electron chi connectivity index (χ0n) is 13.7. The van der Waals surface area contributed by atoms with E-state index in [1.54, 1.807) is 0 Å². The highest BCUT2D eigenvalue weighted by atomic mass is 16.5. The van der Waals surface area contributed by atoms with Gasteiger partial charge in [0.2, 0.25) is 0 Å². The van der Waals surface area contributed by atoms with E-state index in [1.807, 2.05) is 12.1 Å². The van der Waals surface area contributed by atoms with Gasteiger partial charge >= 0.3 is 0 Å². The van der Waals surface area contributed by atoms with E-state index in [2.05, 4.69) is 13.0 Å². The first kappa shape index (κ1) is 14.6. The highest BCUT2D eigenvalue weighted by Gasteiger charge is 2.45. The van der Waals surface area contributed by atoms with Gasteiger partial charge in [0, 0.05) is 6.61 Å². The van der Waals surface area contributed by atoms with Gasteiger partial charge in [0.25, 0.3) is 0 Å². The van der Waals surface area contributed by atoms with Crippen molar-refractivity contribution < 1.29 is 9.84 Å². The van der Waals surface area contributed by atoms with Crippen molar-refractivity contribution in [3.63, 3.8) is 0 Å². The number of phenolic OH excluding ortho intramolecular Hbond substituents is 1. The molecule has 0 bridgehead atoms. The van der Waals surface area contributed by atoms with Crippen LogP contribution >= 0.6 is 0 Å². The molecule has 120 valence electrons. The summed E-state index contributed by atoms with van der Waals surface area (Å²) in [5, 5.41) is 9.78. The van der Waals surface area contributed by atoms with Crippen molar-refractivity contribution in [2.75, 3.05) is 6.61 Å². The van der Waals surface area contributed by atoms with Crippen LogP contribution in [0, 0.1) is 11.3 Å². The normalized spacial score (nSPS) is 38.1. The average Bonchev–Trinajstić information content (AvgIpc) is 2.55. The van der Waals surface area contributed by atoms with Gasteiger partial charge in [-0.25, -0.2) is 0 Å². The summed E-state index contributed by atoms with van der Waals surface area (Å²) < 4.78 is 6.10.